The second kappa shape index (κ2) is 5.03. The maximum Gasteiger partial charge on any atom is 0.0800 e. The van der Waals surface area contributed by atoms with Crippen molar-refractivity contribution in [2.45, 2.75) is 39.4 Å². The third kappa shape index (κ3) is 3.19. The van der Waals surface area contributed by atoms with E-state index >= 15 is 0 Å². The molecule has 1 aromatic rings. The molecule has 0 N–H and O–H groups in total. The molecule has 0 spiro atoms. The first-order valence-corrected chi connectivity index (χ1v) is 4.94. The van der Waals surface area contributed by atoms with Crippen molar-refractivity contribution in [1.82, 2.24) is 0 Å². The van der Waals surface area contributed by atoms with Crippen LogP contribution in [0.25, 0.3) is 0 Å². The highest BCUT2D eigenvalue weighted by Gasteiger charge is 2.07. The summed E-state index contributed by atoms with van der Waals surface area (Å²) in [6, 6.07) is 10.3. The fourth-order valence-electron chi connectivity index (χ4n) is 1.25. The maximum absolute atomic E-state index is 5.79. The monoisotopic (exact) mass is 178 g/mol. The summed E-state index contributed by atoms with van der Waals surface area (Å²) >= 11 is 0. The van der Waals surface area contributed by atoms with Gasteiger partial charge in [0.05, 0.1) is 12.2 Å². The molecule has 0 fully saturated rings. The average molecular weight is 178 g/mol. The summed E-state index contributed by atoms with van der Waals surface area (Å²) in [5.41, 5.74) is 1.25. The lowest BCUT2D eigenvalue weighted by Gasteiger charge is -2.18. The molecule has 0 heterocycles. The summed E-state index contributed by atoms with van der Waals surface area (Å²) in [6.45, 7) is 6.35. The van der Waals surface area contributed by atoms with Gasteiger partial charge in [-0.1, -0.05) is 37.3 Å². The summed E-state index contributed by atoms with van der Waals surface area (Å²) in [5.74, 6) is 0. The minimum absolute atomic E-state index is 0.205. The Labute approximate surface area is 80.7 Å². The first-order valence-electron chi connectivity index (χ1n) is 4.94. The van der Waals surface area contributed by atoms with Crippen molar-refractivity contribution in [1.29, 1.82) is 0 Å². The standard InChI is InChI=1S/C12H18O/c1-4-10(2)13-11(3)12-8-6-5-7-9-12/h5-11H,4H2,1-3H3. The molecule has 0 saturated heterocycles. The molecule has 0 bridgehead atoms. The zero-order valence-electron chi connectivity index (χ0n) is 8.66. The smallest absolute Gasteiger partial charge is 0.0800 e. The molecule has 0 amide bonds. The number of rotatable bonds is 4. The van der Waals surface area contributed by atoms with E-state index in [0.29, 0.717) is 6.10 Å². The first kappa shape index (κ1) is 10.3. The van der Waals surface area contributed by atoms with Crippen molar-refractivity contribution in [3.05, 3.63) is 35.9 Å². The van der Waals surface area contributed by atoms with Crippen LogP contribution >= 0.6 is 0 Å². The van der Waals surface area contributed by atoms with Crippen molar-refractivity contribution in [3.63, 3.8) is 0 Å². The first-order chi connectivity index (χ1) is 6.24. The molecular formula is C12H18O. The highest BCUT2D eigenvalue weighted by Crippen LogP contribution is 2.18. The van der Waals surface area contributed by atoms with Crippen molar-refractivity contribution in [2.75, 3.05) is 0 Å². The summed E-state index contributed by atoms with van der Waals surface area (Å²) in [6.07, 6.45) is 1.61. The van der Waals surface area contributed by atoms with Gasteiger partial charge in [0.25, 0.3) is 0 Å². The summed E-state index contributed by atoms with van der Waals surface area (Å²) in [7, 11) is 0. The highest BCUT2D eigenvalue weighted by molar-refractivity contribution is 5.16. The lowest BCUT2D eigenvalue weighted by Crippen LogP contribution is -2.10. The van der Waals surface area contributed by atoms with E-state index in [0.717, 1.165) is 6.42 Å². The molecule has 0 aliphatic heterocycles. The van der Waals surface area contributed by atoms with Gasteiger partial charge in [0.1, 0.15) is 0 Å². The van der Waals surface area contributed by atoms with E-state index in [2.05, 4.69) is 32.9 Å². The molecule has 1 aromatic carbocycles. The van der Waals surface area contributed by atoms with E-state index in [1.54, 1.807) is 0 Å². The van der Waals surface area contributed by atoms with Gasteiger partial charge < -0.3 is 4.74 Å². The Bertz CT molecular complexity index is 230. The van der Waals surface area contributed by atoms with Crippen LogP contribution in [0.15, 0.2) is 30.3 Å². The predicted octanol–water partition coefficient (Wildman–Crippen LogP) is 3.56. The Morgan fingerprint density at radius 1 is 1.15 bits per heavy atom. The minimum Gasteiger partial charge on any atom is -0.371 e. The third-order valence-electron chi connectivity index (χ3n) is 2.28. The largest absolute Gasteiger partial charge is 0.371 e. The van der Waals surface area contributed by atoms with Crippen LogP contribution in [0, 0.1) is 0 Å². The fraction of sp³-hybridized carbons (Fsp3) is 0.500. The van der Waals surface area contributed by atoms with Gasteiger partial charge in [-0.05, 0) is 25.8 Å². The van der Waals surface area contributed by atoms with Crippen LogP contribution < -0.4 is 0 Å². The Morgan fingerprint density at radius 2 is 1.77 bits per heavy atom. The van der Waals surface area contributed by atoms with Crippen LogP contribution in [0.1, 0.15) is 38.9 Å². The molecular weight excluding hydrogens is 160 g/mol. The Morgan fingerprint density at radius 3 is 2.31 bits per heavy atom. The Balaban J connectivity index is 2.53. The van der Waals surface area contributed by atoms with Gasteiger partial charge in [-0.25, -0.2) is 0 Å². The van der Waals surface area contributed by atoms with Gasteiger partial charge in [0, 0.05) is 0 Å². The molecule has 2 atom stereocenters. The zero-order chi connectivity index (χ0) is 9.68. The van der Waals surface area contributed by atoms with E-state index in [-0.39, 0.29) is 6.10 Å². The van der Waals surface area contributed by atoms with Crippen LogP contribution in [0.2, 0.25) is 0 Å². The van der Waals surface area contributed by atoms with E-state index in [9.17, 15) is 0 Å². The molecule has 72 valence electrons. The van der Waals surface area contributed by atoms with Gasteiger partial charge in [-0.3, -0.25) is 0 Å². The van der Waals surface area contributed by atoms with E-state index in [1.165, 1.54) is 5.56 Å². The van der Waals surface area contributed by atoms with E-state index in [4.69, 9.17) is 4.74 Å². The van der Waals surface area contributed by atoms with Crippen LogP contribution in [0.4, 0.5) is 0 Å². The molecule has 0 saturated carbocycles. The summed E-state index contributed by atoms with van der Waals surface area (Å²) < 4.78 is 5.79. The van der Waals surface area contributed by atoms with E-state index in [1.807, 2.05) is 18.2 Å². The molecule has 0 aliphatic carbocycles. The Kier molecular flexibility index (Phi) is 3.97. The van der Waals surface area contributed by atoms with Crippen molar-refractivity contribution >= 4 is 0 Å². The number of ether oxygens (including phenoxy) is 1. The average Bonchev–Trinajstić information content (AvgIpc) is 2.19. The second-order valence-electron chi connectivity index (χ2n) is 3.41. The number of benzene rings is 1. The second-order valence-corrected chi connectivity index (χ2v) is 3.41. The lowest BCUT2D eigenvalue weighted by molar-refractivity contribution is 0.00548. The molecule has 1 rings (SSSR count). The van der Waals surface area contributed by atoms with Gasteiger partial charge in [0.15, 0.2) is 0 Å². The number of hydrogen-bond donors (Lipinski definition) is 0. The molecule has 1 nitrogen and oxygen atoms in total. The molecule has 0 radical (unpaired) electrons. The normalized spacial score (nSPS) is 15.3. The van der Waals surface area contributed by atoms with Crippen LogP contribution in [0.3, 0.4) is 0 Å². The molecule has 0 aliphatic rings. The summed E-state index contributed by atoms with van der Waals surface area (Å²) in [5, 5.41) is 0. The quantitative estimate of drug-likeness (QED) is 0.685. The van der Waals surface area contributed by atoms with Gasteiger partial charge >= 0.3 is 0 Å². The molecule has 2 unspecified atom stereocenters. The number of hydrogen-bond acceptors (Lipinski definition) is 1. The topological polar surface area (TPSA) is 9.23 Å². The van der Waals surface area contributed by atoms with Crippen molar-refractivity contribution < 1.29 is 4.74 Å². The zero-order valence-corrected chi connectivity index (χ0v) is 8.66. The van der Waals surface area contributed by atoms with Crippen molar-refractivity contribution in [3.8, 4) is 0 Å². The maximum atomic E-state index is 5.79. The Hall–Kier alpha value is -0.820. The van der Waals surface area contributed by atoms with Gasteiger partial charge in [-0.2, -0.15) is 0 Å². The highest BCUT2D eigenvalue weighted by atomic mass is 16.5. The predicted molar refractivity (Wildman–Crippen MR) is 55.7 cm³/mol. The third-order valence-corrected chi connectivity index (χ3v) is 2.28. The van der Waals surface area contributed by atoms with Crippen molar-refractivity contribution in [2.24, 2.45) is 0 Å². The minimum atomic E-state index is 0.205. The molecule has 0 aromatic heterocycles. The van der Waals surface area contributed by atoms with Crippen LogP contribution in [-0.4, -0.2) is 6.10 Å². The molecule has 1 heteroatoms. The van der Waals surface area contributed by atoms with Crippen LogP contribution in [-0.2, 0) is 4.74 Å². The lowest BCUT2D eigenvalue weighted by atomic mass is 10.1. The SMILES string of the molecule is CCC(C)OC(C)c1ccccc1. The van der Waals surface area contributed by atoms with Gasteiger partial charge in [0.2, 0.25) is 0 Å². The fourth-order valence-corrected chi connectivity index (χ4v) is 1.25. The van der Waals surface area contributed by atoms with Crippen LogP contribution in [0.5, 0.6) is 0 Å². The summed E-state index contributed by atoms with van der Waals surface area (Å²) in [4.78, 5) is 0. The van der Waals surface area contributed by atoms with E-state index < -0.39 is 0 Å². The van der Waals surface area contributed by atoms with Gasteiger partial charge in [-0.15, -0.1) is 0 Å². The molecule has 13 heavy (non-hydrogen) atoms.